The molecule has 1 N–H and O–H groups in total. The lowest BCUT2D eigenvalue weighted by molar-refractivity contribution is -0.117. The highest BCUT2D eigenvalue weighted by molar-refractivity contribution is 5.93. The number of aryl methyl sites for hydroxylation is 2. The van der Waals surface area contributed by atoms with Gasteiger partial charge >= 0.3 is 0 Å². The number of benzene rings is 3. The van der Waals surface area contributed by atoms with Gasteiger partial charge in [0.2, 0.25) is 5.91 Å². The van der Waals surface area contributed by atoms with Crippen LogP contribution >= 0.6 is 0 Å². The van der Waals surface area contributed by atoms with Crippen LogP contribution in [-0.2, 0) is 11.2 Å². The average molecular weight is 431 g/mol. The van der Waals surface area contributed by atoms with Gasteiger partial charge in [0.15, 0.2) is 11.5 Å². The van der Waals surface area contributed by atoms with E-state index in [0.29, 0.717) is 12.3 Å². The lowest BCUT2D eigenvalue weighted by Crippen LogP contribution is -2.41. The fraction of sp³-hybridized carbons (Fsp3) is 0.296. The van der Waals surface area contributed by atoms with Crippen molar-refractivity contribution in [2.45, 2.75) is 26.3 Å². The number of amides is 1. The molecule has 0 aliphatic carbocycles. The Bertz CT molecular complexity index is 1110. The van der Waals surface area contributed by atoms with Crippen LogP contribution in [0.1, 0.15) is 33.9 Å². The molecule has 5 heteroatoms. The molecule has 1 heterocycles. The van der Waals surface area contributed by atoms with Crippen molar-refractivity contribution in [1.29, 1.82) is 0 Å². The first kappa shape index (κ1) is 21.9. The first-order valence-electron chi connectivity index (χ1n) is 10.9. The maximum absolute atomic E-state index is 13.1. The molecular weight excluding hydrogens is 400 g/mol. The Balaban J connectivity index is 1.66. The Morgan fingerprint density at radius 1 is 1.00 bits per heavy atom. The third-order valence-electron chi connectivity index (χ3n) is 6.10. The molecule has 1 aliphatic rings. The van der Waals surface area contributed by atoms with E-state index in [-0.39, 0.29) is 11.9 Å². The molecule has 1 amide bonds. The molecule has 0 saturated carbocycles. The number of carbonyl (C=O) groups is 1. The third kappa shape index (κ3) is 4.48. The van der Waals surface area contributed by atoms with Crippen molar-refractivity contribution in [2.75, 3.05) is 32.6 Å². The second-order valence-electron chi connectivity index (χ2n) is 8.31. The molecule has 1 aliphatic heterocycles. The molecule has 1 atom stereocenters. The van der Waals surface area contributed by atoms with Crippen molar-refractivity contribution in [3.63, 3.8) is 0 Å². The van der Waals surface area contributed by atoms with Gasteiger partial charge < -0.3 is 14.8 Å². The number of nitrogens with zero attached hydrogens (tertiary/aromatic N) is 1. The summed E-state index contributed by atoms with van der Waals surface area (Å²) in [6, 6.07) is 20.5. The van der Waals surface area contributed by atoms with E-state index in [9.17, 15) is 4.79 Å². The van der Waals surface area contributed by atoms with E-state index in [0.717, 1.165) is 46.7 Å². The zero-order chi connectivity index (χ0) is 22.7. The van der Waals surface area contributed by atoms with E-state index in [2.05, 4.69) is 40.5 Å². The predicted molar refractivity (Wildman–Crippen MR) is 128 cm³/mol. The van der Waals surface area contributed by atoms with E-state index in [1.165, 1.54) is 5.56 Å². The average Bonchev–Trinajstić information content (AvgIpc) is 2.80. The van der Waals surface area contributed by atoms with Crippen molar-refractivity contribution in [3.05, 3.63) is 88.5 Å². The molecule has 0 radical (unpaired) electrons. The van der Waals surface area contributed by atoms with Crippen molar-refractivity contribution < 1.29 is 14.3 Å². The first-order chi connectivity index (χ1) is 15.5. The fourth-order valence-electron chi connectivity index (χ4n) is 4.44. The van der Waals surface area contributed by atoms with E-state index >= 15 is 0 Å². The van der Waals surface area contributed by atoms with Crippen LogP contribution in [0.3, 0.4) is 0 Å². The molecule has 0 saturated heterocycles. The van der Waals surface area contributed by atoms with Gasteiger partial charge in [-0.15, -0.1) is 0 Å². The minimum absolute atomic E-state index is 0.0106. The number of nitrogens with one attached hydrogen (secondary N) is 1. The molecule has 0 aromatic heterocycles. The van der Waals surface area contributed by atoms with Crippen molar-refractivity contribution in [1.82, 2.24) is 4.90 Å². The number of methoxy groups -OCH3 is 2. The normalized spacial score (nSPS) is 15.7. The van der Waals surface area contributed by atoms with Gasteiger partial charge in [-0.05, 0) is 66.3 Å². The molecule has 0 spiro atoms. The molecule has 1 unspecified atom stereocenters. The zero-order valence-electron chi connectivity index (χ0n) is 19.1. The van der Waals surface area contributed by atoms with Crippen LogP contribution in [0.5, 0.6) is 11.5 Å². The molecule has 32 heavy (non-hydrogen) atoms. The Kier molecular flexibility index (Phi) is 6.47. The largest absolute Gasteiger partial charge is 0.493 e. The lowest BCUT2D eigenvalue weighted by atomic mass is 9.87. The Morgan fingerprint density at radius 3 is 2.44 bits per heavy atom. The summed E-state index contributed by atoms with van der Waals surface area (Å²) in [5.74, 6) is 1.43. The van der Waals surface area contributed by atoms with Gasteiger partial charge in [0, 0.05) is 12.2 Å². The summed E-state index contributed by atoms with van der Waals surface area (Å²) in [6.07, 6.45) is 0.843. The summed E-state index contributed by atoms with van der Waals surface area (Å²) >= 11 is 0. The van der Waals surface area contributed by atoms with Crippen molar-refractivity contribution in [2.24, 2.45) is 0 Å². The molecule has 0 fully saturated rings. The SMILES string of the molecule is COc1cc2c(cc1OC)C(c1ccccc1)N(CC(=O)Nc1cc(C)ccc1C)CC2. The number of hydrogen-bond acceptors (Lipinski definition) is 4. The minimum atomic E-state index is -0.0379. The number of fused-ring (bicyclic) bond motifs is 1. The van der Waals surface area contributed by atoms with Crippen LogP contribution in [-0.4, -0.2) is 38.1 Å². The molecule has 0 bridgehead atoms. The van der Waals surface area contributed by atoms with E-state index in [4.69, 9.17) is 9.47 Å². The zero-order valence-corrected chi connectivity index (χ0v) is 19.1. The molecule has 166 valence electrons. The second kappa shape index (κ2) is 9.45. The van der Waals surface area contributed by atoms with Crippen molar-refractivity contribution in [3.8, 4) is 11.5 Å². The Morgan fingerprint density at radius 2 is 1.72 bits per heavy atom. The number of ether oxygens (including phenoxy) is 2. The molecular formula is C27H30N2O3. The summed E-state index contributed by atoms with van der Waals surface area (Å²) in [5.41, 5.74) is 6.59. The van der Waals surface area contributed by atoms with Gasteiger partial charge in [-0.2, -0.15) is 0 Å². The summed E-state index contributed by atoms with van der Waals surface area (Å²) in [7, 11) is 3.31. The molecule has 5 nitrogen and oxygen atoms in total. The number of hydrogen-bond donors (Lipinski definition) is 1. The van der Waals surface area contributed by atoms with Crippen LogP contribution in [0.25, 0.3) is 0 Å². The Labute approximate surface area is 190 Å². The van der Waals surface area contributed by atoms with Crippen molar-refractivity contribution >= 4 is 11.6 Å². The summed E-state index contributed by atoms with van der Waals surface area (Å²) in [5, 5.41) is 3.11. The van der Waals surface area contributed by atoms with E-state index in [1.807, 2.05) is 44.2 Å². The van der Waals surface area contributed by atoms with Gasteiger partial charge in [0.05, 0.1) is 26.8 Å². The second-order valence-corrected chi connectivity index (χ2v) is 8.31. The van der Waals surface area contributed by atoms with Crippen LogP contribution in [0.2, 0.25) is 0 Å². The standard InChI is InChI=1S/C27H30N2O3/c1-18-10-11-19(2)23(14-18)28-26(30)17-29-13-12-21-15-24(31-3)25(32-4)16-22(21)27(29)20-8-6-5-7-9-20/h5-11,14-16,27H,12-13,17H2,1-4H3,(H,28,30). The molecule has 4 rings (SSSR count). The van der Waals surface area contributed by atoms with E-state index in [1.54, 1.807) is 14.2 Å². The summed E-state index contributed by atoms with van der Waals surface area (Å²) in [4.78, 5) is 15.3. The van der Waals surface area contributed by atoms with Gasteiger partial charge in [-0.3, -0.25) is 9.69 Å². The third-order valence-corrected chi connectivity index (χ3v) is 6.10. The molecule has 3 aromatic carbocycles. The fourth-order valence-corrected chi connectivity index (χ4v) is 4.44. The number of anilines is 1. The highest BCUT2D eigenvalue weighted by Crippen LogP contribution is 2.40. The number of rotatable bonds is 6. The summed E-state index contributed by atoms with van der Waals surface area (Å²) < 4.78 is 11.1. The van der Waals surface area contributed by atoms with Crippen LogP contribution in [0.4, 0.5) is 5.69 Å². The van der Waals surface area contributed by atoms with Crippen LogP contribution < -0.4 is 14.8 Å². The van der Waals surface area contributed by atoms with Gasteiger partial charge in [-0.1, -0.05) is 42.5 Å². The maximum atomic E-state index is 13.1. The highest BCUT2D eigenvalue weighted by Gasteiger charge is 2.31. The molecule has 3 aromatic rings. The quantitative estimate of drug-likeness (QED) is 0.604. The maximum Gasteiger partial charge on any atom is 0.238 e. The minimum Gasteiger partial charge on any atom is -0.493 e. The van der Waals surface area contributed by atoms with Gasteiger partial charge in [0.1, 0.15) is 0 Å². The van der Waals surface area contributed by atoms with Crippen LogP contribution in [0, 0.1) is 13.8 Å². The van der Waals surface area contributed by atoms with Crippen LogP contribution in [0.15, 0.2) is 60.7 Å². The first-order valence-corrected chi connectivity index (χ1v) is 10.9. The topological polar surface area (TPSA) is 50.8 Å². The monoisotopic (exact) mass is 430 g/mol. The van der Waals surface area contributed by atoms with Gasteiger partial charge in [0.25, 0.3) is 0 Å². The van der Waals surface area contributed by atoms with Gasteiger partial charge in [-0.25, -0.2) is 0 Å². The number of carbonyl (C=O) groups excluding carboxylic acids is 1. The summed E-state index contributed by atoms with van der Waals surface area (Å²) in [6.45, 7) is 5.13. The smallest absolute Gasteiger partial charge is 0.238 e. The Hall–Kier alpha value is -3.31. The lowest BCUT2D eigenvalue weighted by Gasteiger charge is -2.37. The highest BCUT2D eigenvalue weighted by atomic mass is 16.5. The predicted octanol–water partition coefficient (Wildman–Crippen LogP) is 4.91. The van der Waals surface area contributed by atoms with E-state index < -0.39 is 0 Å².